The summed E-state index contributed by atoms with van der Waals surface area (Å²) in [6, 6.07) is 5.97. The lowest BCUT2D eigenvalue weighted by Crippen LogP contribution is -2.28. The second-order valence-corrected chi connectivity index (χ2v) is 6.10. The minimum atomic E-state index is -0.695. The number of fused-ring (bicyclic) bond motifs is 1. The summed E-state index contributed by atoms with van der Waals surface area (Å²) in [7, 11) is 0. The highest BCUT2D eigenvalue weighted by molar-refractivity contribution is 6.03. The summed E-state index contributed by atoms with van der Waals surface area (Å²) in [6.45, 7) is 2.97. The largest absolute Gasteiger partial charge is 0.462 e. The molecule has 29 heavy (non-hydrogen) atoms. The van der Waals surface area contributed by atoms with Gasteiger partial charge < -0.3 is 20.2 Å². The number of hydrogen-bond donors (Lipinski definition) is 2. The Morgan fingerprint density at radius 2 is 1.93 bits per heavy atom. The summed E-state index contributed by atoms with van der Waals surface area (Å²) in [5, 5.41) is 2.56. The third-order valence-corrected chi connectivity index (χ3v) is 4.10. The summed E-state index contributed by atoms with van der Waals surface area (Å²) in [4.78, 5) is 52.4. The highest BCUT2D eigenvalue weighted by Crippen LogP contribution is 2.21. The van der Waals surface area contributed by atoms with Crippen LogP contribution >= 0.6 is 0 Å². The maximum atomic E-state index is 12.8. The number of nitrogens with two attached hydrogens (primary N) is 1. The van der Waals surface area contributed by atoms with Gasteiger partial charge >= 0.3 is 5.97 Å². The Bertz CT molecular complexity index is 1160. The van der Waals surface area contributed by atoms with E-state index in [1.54, 1.807) is 6.92 Å². The SMILES string of the molecule is CCOC(=O)c1c(C)oc2ncn(CC(=O)Nc3ccc(C(N)=O)cc3)c(=O)c12. The molecule has 0 bridgehead atoms. The maximum absolute atomic E-state index is 12.8. The molecule has 0 radical (unpaired) electrons. The lowest BCUT2D eigenvalue weighted by molar-refractivity contribution is -0.116. The fraction of sp³-hybridized carbons (Fsp3) is 0.211. The van der Waals surface area contributed by atoms with Crippen molar-refractivity contribution in [2.75, 3.05) is 11.9 Å². The number of esters is 1. The number of aromatic nitrogens is 2. The van der Waals surface area contributed by atoms with E-state index < -0.39 is 23.3 Å². The Balaban J connectivity index is 1.86. The van der Waals surface area contributed by atoms with E-state index in [0.29, 0.717) is 11.3 Å². The number of amides is 2. The molecule has 1 aromatic carbocycles. The highest BCUT2D eigenvalue weighted by Gasteiger charge is 2.24. The molecule has 3 aromatic rings. The van der Waals surface area contributed by atoms with Gasteiger partial charge in [-0.1, -0.05) is 0 Å². The molecule has 0 aliphatic heterocycles. The van der Waals surface area contributed by atoms with Crippen LogP contribution in [0.5, 0.6) is 0 Å². The summed E-state index contributed by atoms with van der Waals surface area (Å²) in [6.07, 6.45) is 1.16. The van der Waals surface area contributed by atoms with Crippen molar-refractivity contribution in [3.63, 3.8) is 0 Å². The van der Waals surface area contributed by atoms with Gasteiger partial charge in [0.05, 0.1) is 6.61 Å². The number of rotatable bonds is 6. The van der Waals surface area contributed by atoms with E-state index in [9.17, 15) is 19.2 Å². The summed E-state index contributed by atoms with van der Waals surface area (Å²) in [5.74, 6) is -1.57. The lowest BCUT2D eigenvalue weighted by Gasteiger charge is -2.08. The van der Waals surface area contributed by atoms with Crippen LogP contribution in [0.4, 0.5) is 5.69 Å². The molecule has 3 N–H and O–H groups in total. The van der Waals surface area contributed by atoms with E-state index >= 15 is 0 Å². The van der Waals surface area contributed by atoms with Crippen LogP contribution in [0.15, 0.2) is 39.8 Å². The molecule has 2 heterocycles. The van der Waals surface area contributed by atoms with Crippen molar-refractivity contribution in [1.29, 1.82) is 0 Å². The Labute approximate surface area is 164 Å². The molecule has 10 heteroatoms. The molecule has 10 nitrogen and oxygen atoms in total. The van der Waals surface area contributed by atoms with Crippen molar-refractivity contribution in [3.8, 4) is 0 Å². The first-order chi connectivity index (χ1) is 13.8. The molecule has 0 unspecified atom stereocenters. The van der Waals surface area contributed by atoms with Crippen LogP contribution in [0.1, 0.15) is 33.4 Å². The van der Waals surface area contributed by atoms with Crippen LogP contribution in [0.2, 0.25) is 0 Å². The van der Waals surface area contributed by atoms with E-state index in [4.69, 9.17) is 14.9 Å². The fourth-order valence-corrected chi connectivity index (χ4v) is 2.77. The number of carbonyl (C=O) groups is 3. The molecular formula is C19H18N4O6. The number of aryl methyl sites for hydroxylation is 1. The Morgan fingerprint density at radius 1 is 1.24 bits per heavy atom. The molecule has 0 aliphatic rings. The first-order valence-electron chi connectivity index (χ1n) is 8.67. The van der Waals surface area contributed by atoms with Gasteiger partial charge in [0.25, 0.3) is 5.56 Å². The first kappa shape index (κ1) is 19.8. The van der Waals surface area contributed by atoms with Crippen molar-refractivity contribution < 1.29 is 23.5 Å². The first-order valence-corrected chi connectivity index (χ1v) is 8.67. The second kappa shape index (κ2) is 7.97. The van der Waals surface area contributed by atoms with Crippen LogP contribution < -0.4 is 16.6 Å². The minimum absolute atomic E-state index is 0.00357. The summed E-state index contributed by atoms with van der Waals surface area (Å²) in [5.41, 5.74) is 5.29. The molecule has 0 saturated carbocycles. The molecule has 2 aromatic heterocycles. The number of anilines is 1. The van der Waals surface area contributed by atoms with Crippen molar-refractivity contribution in [2.24, 2.45) is 5.73 Å². The topological polar surface area (TPSA) is 147 Å². The van der Waals surface area contributed by atoms with Crippen molar-refractivity contribution in [3.05, 3.63) is 57.8 Å². The zero-order valence-electron chi connectivity index (χ0n) is 15.7. The number of carbonyl (C=O) groups excluding carboxylic acids is 3. The van der Waals surface area contributed by atoms with Gasteiger partial charge in [-0.2, -0.15) is 0 Å². The normalized spacial score (nSPS) is 10.7. The van der Waals surface area contributed by atoms with Gasteiger partial charge in [-0.25, -0.2) is 9.78 Å². The number of ether oxygens (including phenoxy) is 1. The Morgan fingerprint density at radius 3 is 2.55 bits per heavy atom. The predicted octanol–water partition coefficient (Wildman–Crippen LogP) is 1.21. The van der Waals surface area contributed by atoms with E-state index in [-0.39, 0.29) is 35.6 Å². The molecule has 2 amide bonds. The fourth-order valence-electron chi connectivity index (χ4n) is 2.77. The van der Waals surface area contributed by atoms with Gasteiger partial charge in [-0.05, 0) is 38.1 Å². The molecule has 3 rings (SSSR count). The molecule has 0 aliphatic carbocycles. The zero-order chi connectivity index (χ0) is 21.1. The van der Waals surface area contributed by atoms with Gasteiger partial charge in [0.15, 0.2) is 0 Å². The minimum Gasteiger partial charge on any atom is -0.462 e. The van der Waals surface area contributed by atoms with E-state index in [1.165, 1.54) is 31.2 Å². The van der Waals surface area contributed by atoms with Gasteiger partial charge in [-0.3, -0.25) is 19.0 Å². The third kappa shape index (κ3) is 4.00. The molecule has 150 valence electrons. The van der Waals surface area contributed by atoms with E-state index in [2.05, 4.69) is 10.3 Å². The van der Waals surface area contributed by atoms with Crippen LogP contribution in [-0.4, -0.2) is 33.9 Å². The van der Waals surface area contributed by atoms with Gasteiger partial charge in [0, 0.05) is 11.3 Å². The average molecular weight is 398 g/mol. The smallest absolute Gasteiger partial charge is 0.342 e. The molecule has 0 spiro atoms. The highest BCUT2D eigenvalue weighted by atomic mass is 16.5. The van der Waals surface area contributed by atoms with Crippen LogP contribution in [0.25, 0.3) is 11.1 Å². The quantitative estimate of drug-likeness (QED) is 0.593. The average Bonchev–Trinajstić information content (AvgIpc) is 3.01. The molecule has 0 atom stereocenters. The van der Waals surface area contributed by atoms with Crippen molar-refractivity contribution in [2.45, 2.75) is 20.4 Å². The number of benzene rings is 1. The van der Waals surface area contributed by atoms with E-state index in [0.717, 1.165) is 10.9 Å². The Hall–Kier alpha value is -3.95. The summed E-state index contributed by atoms with van der Waals surface area (Å²) >= 11 is 0. The van der Waals surface area contributed by atoms with Crippen LogP contribution in [0, 0.1) is 6.92 Å². The predicted molar refractivity (Wildman–Crippen MR) is 103 cm³/mol. The Kier molecular flexibility index (Phi) is 5.44. The summed E-state index contributed by atoms with van der Waals surface area (Å²) < 4.78 is 11.4. The van der Waals surface area contributed by atoms with Gasteiger partial charge in [0.2, 0.25) is 17.5 Å². The molecular weight excluding hydrogens is 380 g/mol. The van der Waals surface area contributed by atoms with Crippen LogP contribution in [-0.2, 0) is 16.1 Å². The maximum Gasteiger partial charge on any atom is 0.342 e. The monoisotopic (exact) mass is 398 g/mol. The van der Waals surface area contributed by atoms with Crippen molar-refractivity contribution in [1.82, 2.24) is 9.55 Å². The standard InChI is InChI=1S/C19H18N4O6/c1-3-28-19(27)14-10(2)29-17-15(14)18(26)23(9-21-17)8-13(24)22-12-6-4-11(5-7-12)16(20)25/h4-7,9H,3,8H2,1-2H3,(H2,20,25)(H,22,24). The van der Waals surface area contributed by atoms with Crippen LogP contribution in [0.3, 0.4) is 0 Å². The lowest BCUT2D eigenvalue weighted by atomic mass is 10.2. The molecule has 0 saturated heterocycles. The van der Waals surface area contributed by atoms with Gasteiger partial charge in [-0.15, -0.1) is 0 Å². The zero-order valence-corrected chi connectivity index (χ0v) is 15.7. The molecule has 0 fully saturated rings. The number of nitrogens with zero attached hydrogens (tertiary/aromatic N) is 2. The van der Waals surface area contributed by atoms with Crippen molar-refractivity contribution >= 4 is 34.6 Å². The van der Waals surface area contributed by atoms with Gasteiger partial charge in [0.1, 0.15) is 29.6 Å². The number of nitrogens with one attached hydrogen (secondary N) is 1. The number of primary amides is 1. The van der Waals surface area contributed by atoms with E-state index in [1.807, 2.05) is 0 Å². The number of furan rings is 1. The second-order valence-electron chi connectivity index (χ2n) is 6.10. The third-order valence-electron chi connectivity index (χ3n) is 4.10. The number of hydrogen-bond acceptors (Lipinski definition) is 7.